The largest absolute Gasteiger partial charge is 0.417 e. The average Bonchev–Trinajstić information content (AvgIpc) is 3.10. The van der Waals surface area contributed by atoms with Crippen LogP contribution in [0.3, 0.4) is 0 Å². The van der Waals surface area contributed by atoms with Crippen molar-refractivity contribution in [1.29, 1.82) is 0 Å². The summed E-state index contributed by atoms with van der Waals surface area (Å²) < 4.78 is 42.0. The number of rotatable bonds is 8. The lowest BCUT2D eigenvalue weighted by molar-refractivity contribution is -0.118. The molecule has 0 radical (unpaired) electrons. The second-order valence-corrected chi connectivity index (χ2v) is 7.21. The Hall–Kier alpha value is -3.67. The fourth-order valence-corrected chi connectivity index (χ4v) is 3.67. The molecule has 0 saturated heterocycles. The Kier molecular flexibility index (Phi) is 6.39. The van der Waals surface area contributed by atoms with Gasteiger partial charge in [-0.1, -0.05) is 11.3 Å². The van der Waals surface area contributed by atoms with E-state index in [-0.39, 0.29) is 27.3 Å². The highest BCUT2D eigenvalue weighted by atomic mass is 32.1. The van der Waals surface area contributed by atoms with Crippen LogP contribution in [0.5, 0.6) is 5.88 Å². The lowest BCUT2D eigenvalue weighted by Crippen LogP contribution is -2.39. The first-order valence-electron chi connectivity index (χ1n) is 8.73. The number of ketones is 1. The van der Waals surface area contributed by atoms with Gasteiger partial charge in [-0.2, -0.15) is 8.78 Å². The van der Waals surface area contributed by atoms with E-state index in [0.29, 0.717) is 5.69 Å². The maximum Gasteiger partial charge on any atom is 0.388 e. The number of hydrogen-bond acceptors (Lipinski definition) is 8. The summed E-state index contributed by atoms with van der Waals surface area (Å²) in [6.45, 7) is -1.52. The summed E-state index contributed by atoms with van der Waals surface area (Å²) in [5.41, 5.74) is 11.8. The van der Waals surface area contributed by atoms with Crippen molar-refractivity contribution in [3.8, 4) is 5.88 Å². The van der Waals surface area contributed by atoms with Crippen LogP contribution >= 0.6 is 11.3 Å². The number of amides is 1. The van der Waals surface area contributed by atoms with Crippen LogP contribution in [0.25, 0.3) is 0 Å². The van der Waals surface area contributed by atoms with Crippen LogP contribution < -0.4 is 21.1 Å². The van der Waals surface area contributed by atoms with Crippen molar-refractivity contribution in [2.45, 2.75) is 19.6 Å². The Morgan fingerprint density at radius 1 is 1.16 bits per heavy atom. The number of alkyl halides is 2. The number of nitrogen functional groups attached to an aromatic ring is 1. The van der Waals surface area contributed by atoms with Gasteiger partial charge >= 0.3 is 6.61 Å². The van der Waals surface area contributed by atoms with Gasteiger partial charge < -0.3 is 21.1 Å². The first-order valence-corrected chi connectivity index (χ1v) is 9.55. The molecule has 2 heterocycles. The van der Waals surface area contributed by atoms with E-state index in [2.05, 4.69) is 14.7 Å². The van der Waals surface area contributed by atoms with Crippen LogP contribution in [-0.2, 0) is 4.79 Å². The third-order valence-electron chi connectivity index (χ3n) is 4.17. The number of hydrogen-bond donors (Lipinski definition) is 2. The summed E-state index contributed by atoms with van der Waals surface area (Å²) in [5.74, 6) is -2.16. The summed E-state index contributed by atoms with van der Waals surface area (Å²) in [7, 11) is 0. The Morgan fingerprint density at radius 3 is 2.39 bits per heavy atom. The van der Waals surface area contributed by atoms with Crippen molar-refractivity contribution in [3.63, 3.8) is 0 Å². The Balaban J connectivity index is 1.95. The van der Waals surface area contributed by atoms with Gasteiger partial charge in [-0.15, -0.1) is 0 Å². The molecular weight excluding hydrogens is 435 g/mol. The van der Waals surface area contributed by atoms with Gasteiger partial charge in [0.1, 0.15) is 22.6 Å². The first-order chi connectivity index (χ1) is 14.7. The van der Waals surface area contributed by atoms with Crippen LogP contribution in [0, 0.1) is 5.82 Å². The van der Waals surface area contributed by atoms with Gasteiger partial charge in [0, 0.05) is 23.5 Å². The molecule has 31 heavy (non-hydrogen) atoms. The van der Waals surface area contributed by atoms with E-state index >= 15 is 0 Å². The highest BCUT2D eigenvalue weighted by Gasteiger charge is 2.27. The third kappa shape index (κ3) is 4.91. The van der Waals surface area contributed by atoms with Crippen LogP contribution in [0.1, 0.15) is 22.2 Å². The van der Waals surface area contributed by atoms with E-state index in [0.717, 1.165) is 23.6 Å². The van der Waals surface area contributed by atoms with Gasteiger partial charge in [0.15, 0.2) is 5.13 Å². The minimum atomic E-state index is -3.04. The van der Waals surface area contributed by atoms with E-state index in [1.54, 1.807) is 0 Å². The summed E-state index contributed by atoms with van der Waals surface area (Å²) >= 11 is 0.890. The minimum Gasteiger partial charge on any atom is -0.417 e. The quantitative estimate of drug-likeness (QED) is 0.504. The second-order valence-electron chi connectivity index (χ2n) is 6.23. The van der Waals surface area contributed by atoms with Crippen molar-refractivity contribution in [2.24, 2.45) is 5.73 Å². The van der Waals surface area contributed by atoms with Gasteiger partial charge in [-0.3, -0.25) is 9.59 Å². The van der Waals surface area contributed by atoms with Gasteiger partial charge in [0.25, 0.3) is 0 Å². The summed E-state index contributed by atoms with van der Waals surface area (Å²) in [4.78, 5) is 33.9. The standard InChI is InChI=1S/C19H16F3N5O3S/c1-9(17(24)29)27(12-5-3-11(20)4-6-12)19-26-16(23)15(31-19)14(28)10-2-7-13(25-8-10)30-18(21)22/h2-9,18H,23H2,1H3,(H2,24,29)/t9-/m0/s1. The monoisotopic (exact) mass is 451 g/mol. The Morgan fingerprint density at radius 2 is 1.84 bits per heavy atom. The van der Waals surface area contributed by atoms with E-state index in [4.69, 9.17) is 11.5 Å². The highest BCUT2D eigenvalue weighted by molar-refractivity contribution is 7.18. The molecule has 0 aliphatic heterocycles. The molecule has 8 nitrogen and oxygen atoms in total. The molecule has 1 amide bonds. The number of carbonyl (C=O) groups excluding carboxylic acids is 2. The van der Waals surface area contributed by atoms with Crippen molar-refractivity contribution in [3.05, 3.63) is 58.9 Å². The molecule has 3 rings (SSSR count). The van der Waals surface area contributed by atoms with Gasteiger partial charge in [0.2, 0.25) is 17.6 Å². The molecule has 0 unspecified atom stereocenters. The number of benzene rings is 1. The number of carbonyl (C=O) groups is 2. The second kappa shape index (κ2) is 9.00. The topological polar surface area (TPSA) is 124 Å². The summed E-state index contributed by atoms with van der Waals surface area (Å²) in [6.07, 6.45) is 1.07. The number of primary amides is 1. The maximum absolute atomic E-state index is 13.3. The average molecular weight is 451 g/mol. The molecule has 0 fully saturated rings. The molecule has 1 aromatic carbocycles. The number of aromatic nitrogens is 2. The number of pyridine rings is 1. The smallest absolute Gasteiger partial charge is 0.388 e. The SMILES string of the molecule is C[C@@H](C(N)=O)N(c1ccc(F)cc1)c1nc(N)c(C(=O)c2ccc(OC(F)F)nc2)s1. The van der Waals surface area contributed by atoms with E-state index < -0.39 is 30.2 Å². The molecule has 1 atom stereocenters. The summed E-state index contributed by atoms with van der Waals surface area (Å²) in [6, 6.07) is 6.76. The van der Waals surface area contributed by atoms with Crippen molar-refractivity contribution < 1.29 is 27.5 Å². The number of nitrogens with two attached hydrogens (primary N) is 2. The minimum absolute atomic E-state index is 0.0445. The lowest BCUT2D eigenvalue weighted by Gasteiger charge is -2.26. The van der Waals surface area contributed by atoms with Crippen molar-refractivity contribution >= 4 is 39.7 Å². The summed E-state index contributed by atoms with van der Waals surface area (Å²) in [5, 5.41) is 0.185. The highest BCUT2D eigenvalue weighted by Crippen LogP contribution is 2.36. The normalized spacial score (nSPS) is 11.9. The zero-order chi connectivity index (χ0) is 22.7. The molecule has 162 valence electrons. The molecule has 0 bridgehead atoms. The van der Waals surface area contributed by atoms with E-state index in [1.807, 2.05) is 0 Å². The fourth-order valence-electron chi connectivity index (χ4n) is 2.62. The fraction of sp³-hybridized carbons (Fsp3) is 0.158. The predicted octanol–water partition coefficient (Wildman–Crippen LogP) is 3.10. The molecule has 3 aromatic rings. The third-order valence-corrected chi connectivity index (χ3v) is 5.24. The zero-order valence-electron chi connectivity index (χ0n) is 16.0. The number of nitrogens with zero attached hydrogens (tertiary/aromatic N) is 3. The van der Waals surface area contributed by atoms with Gasteiger partial charge in [-0.25, -0.2) is 14.4 Å². The first kappa shape index (κ1) is 22.0. The van der Waals surface area contributed by atoms with Crippen LogP contribution in [0.4, 0.5) is 29.8 Å². The van der Waals surface area contributed by atoms with Gasteiger partial charge in [-0.05, 0) is 37.3 Å². The number of ether oxygens (including phenoxy) is 1. The maximum atomic E-state index is 13.3. The lowest BCUT2D eigenvalue weighted by atomic mass is 10.1. The molecular formula is C19H16F3N5O3S. The Bertz CT molecular complexity index is 1090. The van der Waals surface area contributed by atoms with Crippen molar-refractivity contribution in [2.75, 3.05) is 10.6 Å². The van der Waals surface area contributed by atoms with E-state index in [1.165, 1.54) is 42.2 Å². The molecule has 4 N–H and O–H groups in total. The zero-order valence-corrected chi connectivity index (χ0v) is 16.8. The number of halogens is 3. The van der Waals surface area contributed by atoms with Crippen LogP contribution in [-0.4, -0.2) is 34.3 Å². The molecule has 0 spiro atoms. The molecule has 0 saturated carbocycles. The van der Waals surface area contributed by atoms with Crippen LogP contribution in [0.2, 0.25) is 0 Å². The number of thiazole rings is 1. The number of anilines is 3. The van der Waals surface area contributed by atoms with E-state index in [9.17, 15) is 22.8 Å². The molecule has 0 aliphatic rings. The van der Waals surface area contributed by atoms with Gasteiger partial charge in [0.05, 0.1) is 0 Å². The molecule has 2 aromatic heterocycles. The Labute approximate surface area is 178 Å². The van der Waals surface area contributed by atoms with Crippen LogP contribution in [0.15, 0.2) is 42.6 Å². The molecule has 12 heteroatoms. The predicted molar refractivity (Wildman–Crippen MR) is 108 cm³/mol. The molecule has 0 aliphatic carbocycles. The van der Waals surface area contributed by atoms with Crippen molar-refractivity contribution in [1.82, 2.24) is 9.97 Å².